The van der Waals surface area contributed by atoms with Gasteiger partial charge in [-0.25, -0.2) is 0 Å². The number of fused-ring (bicyclic) bond motifs is 1. The van der Waals surface area contributed by atoms with Gasteiger partial charge in [0.1, 0.15) is 0 Å². The average Bonchev–Trinajstić information content (AvgIpc) is 3.19. The summed E-state index contributed by atoms with van der Waals surface area (Å²) in [5.41, 5.74) is 0.863. The Morgan fingerprint density at radius 3 is 2.44 bits per heavy atom. The number of likely N-dealkylation sites (N-methyl/N-ethyl adjacent to an activating group) is 1. The first-order valence-corrected chi connectivity index (χ1v) is 12.0. The van der Waals surface area contributed by atoms with E-state index in [-0.39, 0.29) is 30.7 Å². The summed E-state index contributed by atoms with van der Waals surface area (Å²) in [5.74, 6) is -1.29. The van der Waals surface area contributed by atoms with Crippen LogP contribution in [0.2, 0.25) is 0 Å². The number of amides is 1. The SMILES string of the molecule is CCC[C@H](CC(=O)[C@@H]1C[C@@H]2CCCC[C@@H]2N1C(C)=O)C(=O)C(=O)CN(C)c1ccccc1. The molecule has 1 saturated heterocycles. The molecule has 1 amide bonds. The lowest BCUT2D eigenvalue weighted by molar-refractivity contribution is -0.141. The van der Waals surface area contributed by atoms with Crippen molar-refractivity contribution < 1.29 is 19.2 Å². The maximum atomic E-state index is 13.3. The summed E-state index contributed by atoms with van der Waals surface area (Å²) in [6.07, 6.45) is 6.21. The van der Waals surface area contributed by atoms with E-state index in [1.54, 1.807) is 16.8 Å². The molecule has 1 aromatic carbocycles. The van der Waals surface area contributed by atoms with Crippen molar-refractivity contribution in [2.75, 3.05) is 18.5 Å². The van der Waals surface area contributed by atoms with Crippen molar-refractivity contribution in [2.24, 2.45) is 11.8 Å². The molecule has 0 aromatic heterocycles. The van der Waals surface area contributed by atoms with E-state index < -0.39 is 23.5 Å². The molecular weight excluding hydrogens is 404 g/mol. The second-order valence-corrected chi connectivity index (χ2v) is 9.42. The minimum atomic E-state index is -0.611. The second-order valence-electron chi connectivity index (χ2n) is 9.42. The fourth-order valence-electron chi connectivity index (χ4n) is 5.55. The maximum absolute atomic E-state index is 13.3. The summed E-state index contributed by atoms with van der Waals surface area (Å²) in [5, 5.41) is 0. The average molecular weight is 441 g/mol. The number of carbonyl (C=O) groups is 4. The molecule has 3 rings (SSSR count). The Morgan fingerprint density at radius 2 is 1.78 bits per heavy atom. The fourth-order valence-corrected chi connectivity index (χ4v) is 5.55. The molecule has 0 radical (unpaired) electrons. The number of Topliss-reactive ketones (excluding diaryl/α,β-unsaturated/α-hetero) is 3. The first kappa shape index (κ1) is 24.1. The normalized spacial score (nSPS) is 23.3. The number of benzene rings is 1. The van der Waals surface area contributed by atoms with Gasteiger partial charge in [-0.3, -0.25) is 19.2 Å². The van der Waals surface area contributed by atoms with Gasteiger partial charge in [-0.1, -0.05) is 44.4 Å². The fraction of sp³-hybridized carbons (Fsp3) is 0.615. The molecular formula is C26H36N2O4. The van der Waals surface area contributed by atoms with Gasteiger partial charge in [0.15, 0.2) is 5.78 Å². The molecule has 1 aliphatic carbocycles. The predicted octanol–water partition coefficient (Wildman–Crippen LogP) is 3.82. The van der Waals surface area contributed by atoms with E-state index in [4.69, 9.17) is 0 Å². The molecule has 1 aromatic rings. The van der Waals surface area contributed by atoms with Gasteiger partial charge < -0.3 is 9.80 Å². The van der Waals surface area contributed by atoms with Crippen molar-refractivity contribution in [2.45, 2.75) is 77.3 Å². The van der Waals surface area contributed by atoms with E-state index in [9.17, 15) is 19.2 Å². The molecule has 6 nitrogen and oxygen atoms in total. The molecule has 0 bridgehead atoms. The lowest BCUT2D eigenvalue weighted by atomic mass is 9.83. The van der Waals surface area contributed by atoms with Crippen molar-refractivity contribution in [1.82, 2.24) is 4.90 Å². The molecule has 174 valence electrons. The van der Waals surface area contributed by atoms with Gasteiger partial charge in [0.25, 0.3) is 0 Å². The molecule has 0 spiro atoms. The number of anilines is 1. The Hall–Kier alpha value is -2.50. The van der Waals surface area contributed by atoms with Crippen LogP contribution in [0.4, 0.5) is 5.69 Å². The zero-order valence-corrected chi connectivity index (χ0v) is 19.6. The van der Waals surface area contributed by atoms with Gasteiger partial charge in [-0.15, -0.1) is 0 Å². The summed E-state index contributed by atoms with van der Waals surface area (Å²) in [6, 6.07) is 9.15. The molecule has 4 atom stereocenters. The van der Waals surface area contributed by atoms with Crippen molar-refractivity contribution in [3.8, 4) is 0 Å². The number of likely N-dealkylation sites (tertiary alicyclic amines) is 1. The van der Waals surface area contributed by atoms with E-state index in [1.807, 2.05) is 37.3 Å². The molecule has 1 saturated carbocycles. The van der Waals surface area contributed by atoms with Gasteiger partial charge in [0.2, 0.25) is 17.5 Å². The quantitative estimate of drug-likeness (QED) is 0.517. The minimum absolute atomic E-state index is 0.00952. The Morgan fingerprint density at radius 1 is 1.09 bits per heavy atom. The van der Waals surface area contributed by atoms with Crippen LogP contribution in [0.1, 0.15) is 65.2 Å². The van der Waals surface area contributed by atoms with Crippen LogP contribution in [-0.2, 0) is 19.2 Å². The molecule has 0 N–H and O–H groups in total. The van der Waals surface area contributed by atoms with Crippen molar-refractivity contribution in [3.63, 3.8) is 0 Å². The van der Waals surface area contributed by atoms with E-state index in [2.05, 4.69) is 0 Å². The van der Waals surface area contributed by atoms with Gasteiger partial charge in [-0.2, -0.15) is 0 Å². The number of para-hydroxylation sites is 1. The van der Waals surface area contributed by atoms with E-state index in [0.717, 1.165) is 37.8 Å². The van der Waals surface area contributed by atoms with Crippen LogP contribution in [0.3, 0.4) is 0 Å². The van der Waals surface area contributed by atoms with Crippen molar-refractivity contribution in [3.05, 3.63) is 30.3 Å². The molecule has 32 heavy (non-hydrogen) atoms. The number of carbonyl (C=O) groups excluding carboxylic acids is 4. The summed E-state index contributed by atoms with van der Waals surface area (Å²) >= 11 is 0. The maximum Gasteiger partial charge on any atom is 0.220 e. The summed E-state index contributed by atoms with van der Waals surface area (Å²) < 4.78 is 0. The molecule has 2 aliphatic rings. The zero-order chi connectivity index (χ0) is 23.3. The van der Waals surface area contributed by atoms with Crippen molar-refractivity contribution in [1.29, 1.82) is 0 Å². The highest BCUT2D eigenvalue weighted by Gasteiger charge is 2.46. The third kappa shape index (κ3) is 5.45. The van der Waals surface area contributed by atoms with Crippen molar-refractivity contribution >= 4 is 28.9 Å². The Bertz CT molecular complexity index is 837. The smallest absolute Gasteiger partial charge is 0.220 e. The lowest BCUT2D eigenvalue weighted by Crippen LogP contribution is -2.46. The topological polar surface area (TPSA) is 74.8 Å². The number of hydrogen-bond acceptors (Lipinski definition) is 5. The van der Waals surface area contributed by atoms with Crippen LogP contribution in [0.15, 0.2) is 30.3 Å². The number of rotatable bonds is 10. The van der Waals surface area contributed by atoms with Gasteiger partial charge in [-0.05, 0) is 43.7 Å². The zero-order valence-electron chi connectivity index (χ0n) is 19.6. The van der Waals surface area contributed by atoms with Crippen LogP contribution < -0.4 is 4.90 Å². The number of hydrogen-bond donors (Lipinski definition) is 0. The highest BCUT2D eigenvalue weighted by atomic mass is 16.2. The minimum Gasteiger partial charge on any atom is -0.367 e. The Balaban J connectivity index is 1.67. The Labute approximate surface area is 191 Å². The number of nitrogens with zero attached hydrogens (tertiary/aromatic N) is 2. The Kier molecular flexibility index (Phi) is 8.21. The molecule has 6 heteroatoms. The van der Waals surface area contributed by atoms with Gasteiger partial charge >= 0.3 is 0 Å². The summed E-state index contributed by atoms with van der Waals surface area (Å²) in [7, 11) is 1.78. The first-order chi connectivity index (χ1) is 15.3. The van der Waals surface area contributed by atoms with E-state index >= 15 is 0 Å². The van der Waals surface area contributed by atoms with Crippen LogP contribution in [0.25, 0.3) is 0 Å². The van der Waals surface area contributed by atoms with Crippen LogP contribution >= 0.6 is 0 Å². The summed E-state index contributed by atoms with van der Waals surface area (Å²) in [6.45, 7) is 3.48. The monoisotopic (exact) mass is 440 g/mol. The number of ketones is 3. The highest BCUT2D eigenvalue weighted by molar-refractivity contribution is 6.39. The van der Waals surface area contributed by atoms with Gasteiger partial charge in [0, 0.05) is 38.0 Å². The highest BCUT2D eigenvalue weighted by Crippen LogP contribution is 2.40. The predicted molar refractivity (Wildman–Crippen MR) is 124 cm³/mol. The van der Waals surface area contributed by atoms with Crippen LogP contribution in [-0.4, -0.2) is 53.8 Å². The van der Waals surface area contributed by atoms with E-state index in [1.165, 1.54) is 6.92 Å². The van der Waals surface area contributed by atoms with Gasteiger partial charge in [0.05, 0.1) is 12.6 Å². The third-order valence-corrected chi connectivity index (χ3v) is 7.13. The molecule has 2 fully saturated rings. The van der Waals surface area contributed by atoms with Crippen LogP contribution in [0, 0.1) is 11.8 Å². The second kappa shape index (κ2) is 10.9. The molecule has 0 unspecified atom stereocenters. The first-order valence-electron chi connectivity index (χ1n) is 12.0. The standard InChI is InChI=1S/C26H36N2O4/c1-4-10-20(26(32)25(31)17-27(3)21-12-6-5-7-13-21)16-24(30)23-15-19-11-8-9-14-22(19)28(23)18(2)29/h5-7,12-13,19-20,22-23H,4,8-11,14-17H2,1-3H3/t19-,20+,22-,23-/m0/s1. The molecule has 1 aliphatic heterocycles. The molecule has 1 heterocycles. The summed E-state index contributed by atoms with van der Waals surface area (Å²) in [4.78, 5) is 55.0. The third-order valence-electron chi connectivity index (χ3n) is 7.13. The van der Waals surface area contributed by atoms with Crippen LogP contribution in [0.5, 0.6) is 0 Å². The lowest BCUT2D eigenvalue weighted by Gasteiger charge is -2.33. The largest absolute Gasteiger partial charge is 0.367 e. The van der Waals surface area contributed by atoms with E-state index in [0.29, 0.717) is 18.8 Å².